The summed E-state index contributed by atoms with van der Waals surface area (Å²) in [6.07, 6.45) is 2.58. The molecule has 0 saturated heterocycles. The van der Waals surface area contributed by atoms with Crippen LogP contribution in [0.5, 0.6) is 0 Å². The zero-order valence-corrected chi connectivity index (χ0v) is 12.8. The molecule has 1 heterocycles. The van der Waals surface area contributed by atoms with Crippen LogP contribution in [-0.2, 0) is 4.79 Å². The van der Waals surface area contributed by atoms with Crippen molar-refractivity contribution < 1.29 is 9.72 Å². The predicted molar refractivity (Wildman–Crippen MR) is 80.9 cm³/mol. The van der Waals surface area contributed by atoms with Gasteiger partial charge in [-0.15, -0.1) is 0 Å². The van der Waals surface area contributed by atoms with Crippen LogP contribution in [-0.4, -0.2) is 21.9 Å². The molecule has 0 bridgehead atoms. The highest BCUT2D eigenvalue weighted by Crippen LogP contribution is 2.24. The fourth-order valence-corrected chi connectivity index (χ4v) is 1.86. The molecule has 1 aromatic heterocycles. The van der Waals surface area contributed by atoms with Gasteiger partial charge in [-0.3, -0.25) is 14.9 Å². The molecule has 0 aliphatic rings. The monoisotopic (exact) mass is 294 g/mol. The Kier molecular flexibility index (Phi) is 5.23. The molecule has 0 aliphatic carbocycles. The average Bonchev–Trinajstić information content (AvgIpc) is 2.32. The van der Waals surface area contributed by atoms with Crippen molar-refractivity contribution in [3.05, 3.63) is 27.9 Å². The molecule has 0 radical (unpaired) electrons. The second-order valence-electron chi connectivity index (χ2n) is 6.31. The fourth-order valence-electron chi connectivity index (χ4n) is 1.86. The Morgan fingerprint density at radius 3 is 2.57 bits per heavy atom. The molecule has 1 atom stereocenters. The summed E-state index contributed by atoms with van der Waals surface area (Å²) in [4.78, 5) is 25.7. The first-order valence-corrected chi connectivity index (χ1v) is 6.77. The maximum atomic E-state index is 11.5. The third-order valence-electron chi connectivity index (χ3n) is 3.13. The lowest BCUT2D eigenvalue weighted by Crippen LogP contribution is -2.36. The van der Waals surface area contributed by atoms with Crippen molar-refractivity contribution in [2.24, 2.45) is 11.1 Å². The number of pyridine rings is 1. The number of hydrogen-bond acceptors (Lipinski definition) is 5. The number of anilines is 1. The highest BCUT2D eigenvalue weighted by molar-refractivity contribution is 5.82. The van der Waals surface area contributed by atoms with E-state index in [1.54, 1.807) is 13.0 Å². The van der Waals surface area contributed by atoms with Crippen molar-refractivity contribution >= 4 is 17.4 Å². The number of carbonyl (C=O) groups excluding carboxylic acids is 1. The first-order chi connectivity index (χ1) is 9.60. The molecule has 0 fully saturated rings. The second kappa shape index (κ2) is 6.51. The Morgan fingerprint density at radius 1 is 1.52 bits per heavy atom. The van der Waals surface area contributed by atoms with E-state index in [4.69, 9.17) is 5.73 Å². The Hall–Kier alpha value is -2.18. The van der Waals surface area contributed by atoms with E-state index in [2.05, 4.69) is 31.1 Å². The van der Waals surface area contributed by atoms with Gasteiger partial charge in [-0.2, -0.15) is 0 Å². The molecule has 7 heteroatoms. The van der Waals surface area contributed by atoms with Crippen molar-refractivity contribution in [2.75, 3.05) is 5.32 Å². The standard InChI is InChI=1S/C14H22N4O3/c1-9-7-12(16-8-11(9)18(20)21)17-10(13(15)19)5-6-14(2,3)4/h7-8,10H,5-6H2,1-4H3,(H2,15,19)(H,16,17). The summed E-state index contributed by atoms with van der Waals surface area (Å²) in [5.74, 6) is -0.0483. The van der Waals surface area contributed by atoms with Crippen LogP contribution in [0.15, 0.2) is 12.3 Å². The summed E-state index contributed by atoms with van der Waals surface area (Å²) in [6, 6.07) is 1.00. The van der Waals surface area contributed by atoms with Gasteiger partial charge < -0.3 is 11.1 Å². The van der Waals surface area contributed by atoms with Gasteiger partial charge in [0, 0.05) is 5.56 Å². The average molecular weight is 294 g/mol. The van der Waals surface area contributed by atoms with E-state index in [9.17, 15) is 14.9 Å². The summed E-state index contributed by atoms with van der Waals surface area (Å²) in [7, 11) is 0. The van der Waals surface area contributed by atoms with Crippen LogP contribution in [0.1, 0.15) is 39.2 Å². The topological polar surface area (TPSA) is 111 Å². The molecule has 21 heavy (non-hydrogen) atoms. The maximum absolute atomic E-state index is 11.5. The number of aromatic nitrogens is 1. The second-order valence-corrected chi connectivity index (χ2v) is 6.31. The van der Waals surface area contributed by atoms with Crippen molar-refractivity contribution in [1.29, 1.82) is 0 Å². The van der Waals surface area contributed by atoms with Gasteiger partial charge in [-0.05, 0) is 31.2 Å². The third kappa shape index (κ3) is 5.37. The quantitative estimate of drug-likeness (QED) is 0.618. The number of nitrogens with zero attached hydrogens (tertiary/aromatic N) is 2. The molecule has 0 aliphatic heterocycles. The number of nitro groups is 1. The zero-order valence-electron chi connectivity index (χ0n) is 12.8. The molecule has 1 unspecified atom stereocenters. The number of nitrogens with two attached hydrogens (primary N) is 1. The van der Waals surface area contributed by atoms with Crippen LogP contribution >= 0.6 is 0 Å². The lowest BCUT2D eigenvalue weighted by atomic mass is 9.88. The lowest BCUT2D eigenvalue weighted by Gasteiger charge is -2.22. The highest BCUT2D eigenvalue weighted by Gasteiger charge is 2.20. The van der Waals surface area contributed by atoms with Crippen molar-refractivity contribution in [3.8, 4) is 0 Å². The third-order valence-corrected chi connectivity index (χ3v) is 3.13. The van der Waals surface area contributed by atoms with Crippen molar-refractivity contribution in [1.82, 2.24) is 4.98 Å². The number of rotatable bonds is 6. The summed E-state index contributed by atoms with van der Waals surface area (Å²) >= 11 is 0. The molecular formula is C14H22N4O3. The van der Waals surface area contributed by atoms with Crippen LogP contribution in [0, 0.1) is 22.5 Å². The van der Waals surface area contributed by atoms with Gasteiger partial charge in [0.15, 0.2) is 0 Å². The molecule has 0 aromatic carbocycles. The molecule has 1 rings (SSSR count). The zero-order chi connectivity index (χ0) is 16.2. The van der Waals surface area contributed by atoms with E-state index >= 15 is 0 Å². The molecule has 7 nitrogen and oxygen atoms in total. The summed E-state index contributed by atoms with van der Waals surface area (Å²) in [5, 5.41) is 13.7. The number of amides is 1. The maximum Gasteiger partial charge on any atom is 0.290 e. The first-order valence-electron chi connectivity index (χ1n) is 6.77. The normalized spacial score (nSPS) is 12.8. The van der Waals surface area contributed by atoms with Crippen LogP contribution in [0.2, 0.25) is 0 Å². The van der Waals surface area contributed by atoms with Crippen LogP contribution in [0.25, 0.3) is 0 Å². The minimum absolute atomic E-state index is 0.0501. The molecule has 3 N–H and O–H groups in total. The lowest BCUT2D eigenvalue weighted by molar-refractivity contribution is -0.385. The predicted octanol–water partition coefficient (Wildman–Crippen LogP) is 2.39. The van der Waals surface area contributed by atoms with Gasteiger partial charge in [-0.25, -0.2) is 4.98 Å². The van der Waals surface area contributed by atoms with Crippen LogP contribution in [0.3, 0.4) is 0 Å². The van der Waals surface area contributed by atoms with Crippen molar-refractivity contribution in [2.45, 2.75) is 46.6 Å². The Bertz CT molecular complexity index is 538. The Morgan fingerprint density at radius 2 is 2.14 bits per heavy atom. The summed E-state index contributed by atoms with van der Waals surface area (Å²) < 4.78 is 0. The first kappa shape index (κ1) is 16.9. The van der Waals surface area contributed by atoms with E-state index in [1.165, 1.54) is 6.20 Å². The van der Waals surface area contributed by atoms with Gasteiger partial charge in [0.25, 0.3) is 5.69 Å². The largest absolute Gasteiger partial charge is 0.368 e. The van der Waals surface area contributed by atoms with Crippen LogP contribution < -0.4 is 11.1 Å². The van der Waals surface area contributed by atoms with E-state index in [0.29, 0.717) is 17.8 Å². The van der Waals surface area contributed by atoms with E-state index in [-0.39, 0.29) is 11.1 Å². The fraction of sp³-hybridized carbons (Fsp3) is 0.571. The Labute approximate surface area is 124 Å². The molecular weight excluding hydrogens is 272 g/mol. The molecule has 0 saturated carbocycles. The number of hydrogen-bond donors (Lipinski definition) is 2. The minimum atomic E-state index is -0.544. The van der Waals surface area contributed by atoms with E-state index in [0.717, 1.165) is 6.42 Å². The molecule has 1 aromatic rings. The van der Waals surface area contributed by atoms with Crippen LogP contribution in [0.4, 0.5) is 11.5 Å². The van der Waals surface area contributed by atoms with Gasteiger partial charge in [-0.1, -0.05) is 20.8 Å². The number of primary amides is 1. The van der Waals surface area contributed by atoms with Gasteiger partial charge >= 0.3 is 0 Å². The van der Waals surface area contributed by atoms with E-state index in [1.807, 2.05) is 0 Å². The van der Waals surface area contributed by atoms with Gasteiger partial charge in [0.05, 0.1) is 4.92 Å². The summed E-state index contributed by atoms with van der Waals surface area (Å²) in [6.45, 7) is 7.87. The minimum Gasteiger partial charge on any atom is -0.368 e. The number of aryl methyl sites for hydroxylation is 1. The SMILES string of the molecule is Cc1cc(NC(CCC(C)(C)C)C(N)=O)ncc1[N+](=O)[O-]. The summed E-state index contributed by atoms with van der Waals surface area (Å²) in [5.41, 5.74) is 5.92. The van der Waals surface area contributed by atoms with E-state index < -0.39 is 16.9 Å². The van der Waals surface area contributed by atoms with Gasteiger partial charge in [0.1, 0.15) is 18.1 Å². The van der Waals surface area contributed by atoms with Gasteiger partial charge in [0.2, 0.25) is 5.91 Å². The molecule has 0 spiro atoms. The molecule has 1 amide bonds. The number of nitrogens with one attached hydrogen (secondary N) is 1. The number of carbonyl (C=O) groups is 1. The highest BCUT2D eigenvalue weighted by atomic mass is 16.6. The Balaban J connectivity index is 2.82. The van der Waals surface area contributed by atoms with Crippen molar-refractivity contribution in [3.63, 3.8) is 0 Å². The molecule has 116 valence electrons. The smallest absolute Gasteiger partial charge is 0.290 e.